The topological polar surface area (TPSA) is 76.1 Å². The predicted molar refractivity (Wildman–Crippen MR) is 89.7 cm³/mol. The second-order valence-electron chi connectivity index (χ2n) is 5.89. The number of aliphatic carboxylic acids is 1. The van der Waals surface area contributed by atoms with Crippen molar-refractivity contribution in [2.45, 2.75) is 39.3 Å². The van der Waals surface area contributed by atoms with Crippen molar-refractivity contribution in [3.8, 4) is 5.75 Å². The Morgan fingerprint density at radius 3 is 2.39 bits per heavy atom. The molecular weight excluding hydrogens is 366 g/mol. The SMILES string of the molecule is CCN(C(=O)OC(C)(C)C)C(C(=O)O)c1cc(OC)ccc1Br. The Bertz CT molecular complexity index is 582. The number of hydrogen-bond acceptors (Lipinski definition) is 4. The number of methoxy groups -OCH3 is 1. The molecule has 0 saturated carbocycles. The molecule has 0 aliphatic rings. The third kappa shape index (κ3) is 5.13. The minimum absolute atomic E-state index is 0.190. The van der Waals surface area contributed by atoms with Crippen LogP contribution in [0.15, 0.2) is 22.7 Å². The molecule has 1 unspecified atom stereocenters. The highest BCUT2D eigenvalue weighted by Gasteiger charge is 2.34. The Kier molecular flexibility index (Phi) is 6.44. The van der Waals surface area contributed by atoms with E-state index in [0.717, 1.165) is 0 Å². The molecule has 1 rings (SSSR count). The summed E-state index contributed by atoms with van der Waals surface area (Å²) >= 11 is 3.34. The predicted octanol–water partition coefficient (Wildman–Crippen LogP) is 3.84. The van der Waals surface area contributed by atoms with E-state index in [0.29, 0.717) is 15.8 Å². The molecule has 0 bridgehead atoms. The van der Waals surface area contributed by atoms with Gasteiger partial charge in [-0.05, 0) is 45.9 Å². The largest absolute Gasteiger partial charge is 0.497 e. The van der Waals surface area contributed by atoms with Crippen molar-refractivity contribution in [2.75, 3.05) is 13.7 Å². The first-order valence-electron chi connectivity index (χ1n) is 7.16. The van der Waals surface area contributed by atoms with Gasteiger partial charge in [0.25, 0.3) is 0 Å². The Labute approximate surface area is 144 Å². The van der Waals surface area contributed by atoms with Crippen molar-refractivity contribution in [3.05, 3.63) is 28.2 Å². The number of nitrogens with zero attached hydrogens (tertiary/aromatic N) is 1. The van der Waals surface area contributed by atoms with Crippen LogP contribution >= 0.6 is 15.9 Å². The summed E-state index contributed by atoms with van der Waals surface area (Å²) in [5.74, 6) is -0.638. The fraction of sp³-hybridized carbons (Fsp3) is 0.500. The lowest BCUT2D eigenvalue weighted by atomic mass is 10.1. The average molecular weight is 388 g/mol. The minimum atomic E-state index is -1.18. The molecule has 0 radical (unpaired) electrons. The molecule has 0 fully saturated rings. The molecule has 0 aromatic heterocycles. The maximum Gasteiger partial charge on any atom is 0.411 e. The molecule has 1 amide bonds. The van der Waals surface area contributed by atoms with Gasteiger partial charge in [0.05, 0.1) is 7.11 Å². The van der Waals surface area contributed by atoms with Crippen LogP contribution in [-0.4, -0.2) is 41.3 Å². The van der Waals surface area contributed by atoms with E-state index in [4.69, 9.17) is 9.47 Å². The zero-order valence-electron chi connectivity index (χ0n) is 13.9. The number of carboxylic acid groups (broad SMARTS) is 1. The number of ether oxygens (including phenoxy) is 2. The third-order valence-electron chi connectivity index (χ3n) is 3.01. The first-order chi connectivity index (χ1) is 10.6. The maximum atomic E-state index is 12.4. The van der Waals surface area contributed by atoms with Crippen LogP contribution in [0.3, 0.4) is 0 Å². The molecule has 1 N–H and O–H groups in total. The summed E-state index contributed by atoms with van der Waals surface area (Å²) in [6.07, 6.45) is -0.679. The Morgan fingerprint density at radius 1 is 1.35 bits per heavy atom. The van der Waals surface area contributed by atoms with Gasteiger partial charge < -0.3 is 14.6 Å². The first kappa shape index (κ1) is 19.3. The number of carbonyl (C=O) groups is 2. The lowest BCUT2D eigenvalue weighted by Gasteiger charge is -2.31. The molecule has 1 aromatic rings. The molecular formula is C16H22BrNO5. The van der Waals surface area contributed by atoms with Gasteiger partial charge in [0.1, 0.15) is 11.4 Å². The van der Waals surface area contributed by atoms with E-state index < -0.39 is 23.7 Å². The molecule has 0 aliphatic heterocycles. The summed E-state index contributed by atoms with van der Waals surface area (Å²) in [4.78, 5) is 25.4. The van der Waals surface area contributed by atoms with Crippen LogP contribution in [0.25, 0.3) is 0 Å². The van der Waals surface area contributed by atoms with Crippen molar-refractivity contribution in [3.63, 3.8) is 0 Å². The van der Waals surface area contributed by atoms with Gasteiger partial charge >= 0.3 is 12.1 Å². The van der Waals surface area contributed by atoms with E-state index >= 15 is 0 Å². The Hall–Kier alpha value is -1.76. The molecule has 23 heavy (non-hydrogen) atoms. The van der Waals surface area contributed by atoms with Gasteiger partial charge in [0, 0.05) is 16.6 Å². The standard InChI is InChI=1S/C16H22BrNO5/c1-6-18(15(21)23-16(2,3)4)13(14(19)20)11-9-10(22-5)7-8-12(11)17/h7-9,13H,6H2,1-5H3,(H,19,20). The number of amides is 1. The summed E-state index contributed by atoms with van der Waals surface area (Å²) < 4.78 is 11.0. The van der Waals surface area contributed by atoms with Gasteiger partial charge in [-0.25, -0.2) is 9.59 Å². The average Bonchev–Trinajstić information content (AvgIpc) is 2.43. The summed E-state index contributed by atoms with van der Waals surface area (Å²) in [5.41, 5.74) is -0.288. The molecule has 0 heterocycles. The van der Waals surface area contributed by atoms with Crippen LogP contribution in [0, 0.1) is 0 Å². The van der Waals surface area contributed by atoms with Gasteiger partial charge in [0.2, 0.25) is 0 Å². The molecule has 128 valence electrons. The van der Waals surface area contributed by atoms with Crippen LogP contribution in [0.1, 0.15) is 39.3 Å². The van der Waals surface area contributed by atoms with E-state index in [-0.39, 0.29) is 6.54 Å². The van der Waals surface area contributed by atoms with Crippen LogP contribution in [0.2, 0.25) is 0 Å². The first-order valence-corrected chi connectivity index (χ1v) is 7.95. The minimum Gasteiger partial charge on any atom is -0.497 e. The van der Waals surface area contributed by atoms with E-state index in [1.54, 1.807) is 45.9 Å². The summed E-state index contributed by atoms with van der Waals surface area (Å²) in [5, 5.41) is 9.65. The van der Waals surface area contributed by atoms with E-state index in [9.17, 15) is 14.7 Å². The van der Waals surface area contributed by atoms with Gasteiger partial charge in [0.15, 0.2) is 6.04 Å². The monoisotopic (exact) mass is 387 g/mol. The zero-order chi connectivity index (χ0) is 17.8. The zero-order valence-corrected chi connectivity index (χ0v) is 15.5. The fourth-order valence-corrected chi connectivity index (χ4v) is 2.49. The van der Waals surface area contributed by atoms with Crippen molar-refractivity contribution in [1.29, 1.82) is 0 Å². The molecule has 0 aliphatic carbocycles. The van der Waals surface area contributed by atoms with E-state index in [1.807, 2.05) is 0 Å². The molecule has 0 spiro atoms. The number of carbonyl (C=O) groups excluding carboxylic acids is 1. The van der Waals surface area contributed by atoms with Gasteiger partial charge in [-0.3, -0.25) is 4.90 Å². The summed E-state index contributed by atoms with van der Waals surface area (Å²) in [6, 6.07) is 3.80. The number of hydrogen-bond donors (Lipinski definition) is 1. The number of benzene rings is 1. The van der Waals surface area contributed by atoms with Gasteiger partial charge in [-0.1, -0.05) is 15.9 Å². The second kappa shape index (κ2) is 7.68. The molecule has 1 aromatic carbocycles. The van der Waals surface area contributed by atoms with Crippen molar-refractivity contribution >= 4 is 28.0 Å². The number of likely N-dealkylation sites (N-methyl/N-ethyl adjacent to an activating group) is 1. The quantitative estimate of drug-likeness (QED) is 0.830. The molecule has 7 heteroatoms. The maximum absolute atomic E-state index is 12.4. The molecule has 6 nitrogen and oxygen atoms in total. The number of rotatable bonds is 5. The Morgan fingerprint density at radius 2 is 1.96 bits per heavy atom. The van der Waals surface area contributed by atoms with Gasteiger partial charge in [-0.2, -0.15) is 0 Å². The van der Waals surface area contributed by atoms with Crippen LogP contribution < -0.4 is 4.74 Å². The highest BCUT2D eigenvalue weighted by molar-refractivity contribution is 9.10. The highest BCUT2D eigenvalue weighted by Crippen LogP contribution is 2.32. The van der Waals surface area contributed by atoms with Crippen molar-refractivity contribution in [1.82, 2.24) is 4.90 Å². The van der Waals surface area contributed by atoms with Crippen molar-refractivity contribution in [2.24, 2.45) is 0 Å². The normalized spacial score (nSPS) is 12.4. The molecule has 0 saturated heterocycles. The summed E-state index contributed by atoms with van der Waals surface area (Å²) in [6.45, 7) is 7.09. The van der Waals surface area contributed by atoms with E-state index in [2.05, 4.69) is 15.9 Å². The number of carboxylic acids is 1. The highest BCUT2D eigenvalue weighted by atomic mass is 79.9. The van der Waals surface area contributed by atoms with Gasteiger partial charge in [-0.15, -0.1) is 0 Å². The lowest BCUT2D eigenvalue weighted by Crippen LogP contribution is -2.42. The third-order valence-corrected chi connectivity index (χ3v) is 3.73. The number of halogens is 1. The second-order valence-corrected chi connectivity index (χ2v) is 6.75. The Balaban J connectivity index is 3.28. The van der Waals surface area contributed by atoms with Crippen molar-refractivity contribution < 1.29 is 24.2 Å². The van der Waals surface area contributed by atoms with Crippen LogP contribution in [0.4, 0.5) is 4.79 Å². The van der Waals surface area contributed by atoms with E-state index in [1.165, 1.54) is 12.0 Å². The van der Waals surface area contributed by atoms with Crippen LogP contribution in [0.5, 0.6) is 5.75 Å². The fourth-order valence-electron chi connectivity index (χ4n) is 2.03. The van der Waals surface area contributed by atoms with Crippen LogP contribution in [-0.2, 0) is 9.53 Å². The lowest BCUT2D eigenvalue weighted by molar-refractivity contribution is -0.143. The molecule has 1 atom stereocenters. The summed E-state index contributed by atoms with van der Waals surface area (Å²) in [7, 11) is 1.49. The smallest absolute Gasteiger partial charge is 0.411 e.